The van der Waals surface area contributed by atoms with E-state index in [2.05, 4.69) is 12.8 Å². The minimum Gasteiger partial charge on any atom is -0.463 e. The molecule has 224 valence electrons. The van der Waals surface area contributed by atoms with E-state index in [4.69, 9.17) is 34.8 Å². The second-order valence-corrected chi connectivity index (χ2v) is 9.63. The number of esters is 1. The molecular weight excluding hydrogens is 484 g/mol. The smallest absolute Gasteiger partial charge is 0.305 e. The maximum absolute atomic E-state index is 11.8. The van der Waals surface area contributed by atoms with E-state index in [9.17, 15) is 4.79 Å². The number of ether oxygens (including phenoxy) is 6. The number of carbonyl (C=O) groups is 1. The highest BCUT2D eigenvalue weighted by molar-refractivity contribution is 5.69. The van der Waals surface area contributed by atoms with Crippen LogP contribution in [0.5, 0.6) is 0 Å². The fourth-order valence-electron chi connectivity index (χ4n) is 3.94. The number of hydrogen-bond acceptors (Lipinski definition) is 7. The van der Waals surface area contributed by atoms with Crippen LogP contribution >= 0.6 is 0 Å². The summed E-state index contributed by atoms with van der Waals surface area (Å²) in [6.07, 6.45) is 25.4. The molecule has 0 atom stereocenters. The summed E-state index contributed by atoms with van der Waals surface area (Å²) in [5.74, 6) is 2.27. The van der Waals surface area contributed by atoms with Gasteiger partial charge in [0.15, 0.2) is 0 Å². The lowest BCUT2D eigenvalue weighted by Gasteiger charge is -2.08. The first-order valence-corrected chi connectivity index (χ1v) is 15.3. The molecule has 38 heavy (non-hydrogen) atoms. The Bertz CT molecular complexity index is 507. The predicted octanol–water partition coefficient (Wildman–Crippen LogP) is 6.51. The Morgan fingerprint density at radius 1 is 0.500 bits per heavy atom. The van der Waals surface area contributed by atoms with Crippen LogP contribution in [0.4, 0.5) is 0 Å². The van der Waals surface area contributed by atoms with Crippen molar-refractivity contribution in [2.45, 2.75) is 110 Å². The van der Waals surface area contributed by atoms with Crippen LogP contribution in [0.3, 0.4) is 0 Å². The van der Waals surface area contributed by atoms with Gasteiger partial charge in [0, 0.05) is 6.42 Å². The Morgan fingerprint density at radius 3 is 1.24 bits per heavy atom. The van der Waals surface area contributed by atoms with E-state index >= 15 is 0 Å². The zero-order valence-electron chi connectivity index (χ0n) is 24.5. The zero-order chi connectivity index (χ0) is 27.6. The number of terminal acetylenes is 1. The minimum absolute atomic E-state index is 0.124. The third-order valence-electron chi connectivity index (χ3n) is 6.15. The fraction of sp³-hybridized carbons (Fsp3) is 0.903. The molecule has 0 saturated carbocycles. The average Bonchev–Trinajstić information content (AvgIpc) is 2.92. The van der Waals surface area contributed by atoms with Crippen LogP contribution in [0.2, 0.25) is 0 Å². The van der Waals surface area contributed by atoms with E-state index in [1.165, 1.54) is 83.5 Å². The van der Waals surface area contributed by atoms with Crippen molar-refractivity contribution in [2.24, 2.45) is 0 Å². The van der Waals surface area contributed by atoms with E-state index in [-0.39, 0.29) is 5.97 Å². The molecule has 0 aliphatic rings. The molecule has 0 aromatic carbocycles. The minimum atomic E-state index is -0.124. The maximum Gasteiger partial charge on any atom is 0.305 e. The lowest BCUT2D eigenvalue weighted by molar-refractivity contribution is -0.145. The Morgan fingerprint density at radius 2 is 0.842 bits per heavy atom. The molecule has 0 N–H and O–H groups in total. The number of carbonyl (C=O) groups excluding carboxylic acids is 1. The van der Waals surface area contributed by atoms with Gasteiger partial charge >= 0.3 is 5.97 Å². The molecular formula is C31H58O7. The van der Waals surface area contributed by atoms with Gasteiger partial charge in [-0.05, 0) is 6.42 Å². The van der Waals surface area contributed by atoms with Gasteiger partial charge in [0.2, 0.25) is 0 Å². The van der Waals surface area contributed by atoms with Crippen molar-refractivity contribution in [1.82, 2.24) is 0 Å². The van der Waals surface area contributed by atoms with Crippen LogP contribution in [0, 0.1) is 12.3 Å². The van der Waals surface area contributed by atoms with Crippen LogP contribution in [0.25, 0.3) is 0 Å². The van der Waals surface area contributed by atoms with Gasteiger partial charge in [-0.2, -0.15) is 0 Å². The second kappa shape index (κ2) is 33.9. The van der Waals surface area contributed by atoms with Gasteiger partial charge in [0.1, 0.15) is 13.2 Å². The molecule has 0 bridgehead atoms. The largest absolute Gasteiger partial charge is 0.463 e. The molecule has 0 aliphatic carbocycles. The molecule has 0 aromatic rings. The Kier molecular flexibility index (Phi) is 32.8. The third-order valence-corrected chi connectivity index (χ3v) is 6.15. The summed E-state index contributed by atoms with van der Waals surface area (Å²) in [5, 5.41) is 0. The summed E-state index contributed by atoms with van der Waals surface area (Å²) in [7, 11) is 0. The van der Waals surface area contributed by atoms with Gasteiger partial charge in [-0.15, -0.1) is 6.42 Å². The second-order valence-electron chi connectivity index (χ2n) is 9.63. The van der Waals surface area contributed by atoms with Crippen molar-refractivity contribution in [3.05, 3.63) is 0 Å². The quantitative estimate of drug-likeness (QED) is 0.0545. The van der Waals surface area contributed by atoms with Gasteiger partial charge in [0.05, 0.1) is 59.5 Å². The highest BCUT2D eigenvalue weighted by Gasteiger charge is 2.03. The molecule has 0 aliphatic heterocycles. The number of rotatable bonds is 32. The lowest BCUT2D eigenvalue weighted by atomic mass is 10.0. The predicted molar refractivity (Wildman–Crippen MR) is 153 cm³/mol. The van der Waals surface area contributed by atoms with Crippen molar-refractivity contribution in [3.63, 3.8) is 0 Å². The van der Waals surface area contributed by atoms with Crippen LogP contribution in [0.1, 0.15) is 110 Å². The highest BCUT2D eigenvalue weighted by Crippen LogP contribution is 2.13. The van der Waals surface area contributed by atoms with Gasteiger partial charge < -0.3 is 28.4 Å². The van der Waals surface area contributed by atoms with Crippen LogP contribution < -0.4 is 0 Å². The van der Waals surface area contributed by atoms with Crippen molar-refractivity contribution < 1.29 is 33.2 Å². The molecule has 0 heterocycles. The molecule has 0 spiro atoms. The number of unbranched alkanes of at least 4 members (excludes halogenated alkanes) is 14. The topological polar surface area (TPSA) is 72.5 Å². The summed E-state index contributed by atoms with van der Waals surface area (Å²) < 4.78 is 31.9. The zero-order valence-corrected chi connectivity index (χ0v) is 24.5. The van der Waals surface area contributed by atoms with Gasteiger partial charge in [0.25, 0.3) is 0 Å². The highest BCUT2D eigenvalue weighted by atomic mass is 16.6. The van der Waals surface area contributed by atoms with E-state index < -0.39 is 0 Å². The first-order valence-electron chi connectivity index (χ1n) is 15.3. The summed E-state index contributed by atoms with van der Waals surface area (Å²) in [5.41, 5.74) is 0. The standard InChI is InChI=1S/C31H58O7/c1-3-5-6-7-8-9-10-11-12-13-14-15-16-17-18-19-31(32)38-30-29-37-28-27-36-26-25-35-24-23-34-22-21-33-20-4-2/h2H,3,5-30H2,1H3. The SMILES string of the molecule is C#CCOCCOCCOCCOCCOCCOC(=O)CCCCCCCCCCCCCCCCC. The van der Waals surface area contributed by atoms with Crippen molar-refractivity contribution in [2.75, 3.05) is 72.7 Å². The van der Waals surface area contributed by atoms with E-state index in [0.717, 1.165) is 12.8 Å². The lowest BCUT2D eigenvalue weighted by Crippen LogP contribution is -2.15. The monoisotopic (exact) mass is 542 g/mol. The van der Waals surface area contributed by atoms with Gasteiger partial charge in [-0.25, -0.2) is 0 Å². The van der Waals surface area contributed by atoms with Crippen LogP contribution in [-0.2, 0) is 33.2 Å². The van der Waals surface area contributed by atoms with Crippen LogP contribution in [0.15, 0.2) is 0 Å². The summed E-state index contributed by atoms with van der Waals surface area (Å²) in [4.78, 5) is 11.8. The molecule has 0 radical (unpaired) electrons. The molecule has 0 amide bonds. The molecule has 0 unspecified atom stereocenters. The molecule has 7 nitrogen and oxygen atoms in total. The van der Waals surface area contributed by atoms with E-state index in [1.807, 2.05) is 0 Å². The first-order chi connectivity index (χ1) is 18.8. The van der Waals surface area contributed by atoms with Crippen molar-refractivity contribution in [3.8, 4) is 12.3 Å². The summed E-state index contributed by atoms with van der Waals surface area (Å²) in [6, 6.07) is 0. The van der Waals surface area contributed by atoms with Crippen molar-refractivity contribution in [1.29, 1.82) is 0 Å². The summed E-state index contributed by atoms with van der Waals surface area (Å²) >= 11 is 0. The average molecular weight is 543 g/mol. The molecule has 0 aromatic heterocycles. The van der Waals surface area contributed by atoms with E-state index in [1.54, 1.807) is 0 Å². The van der Waals surface area contributed by atoms with E-state index in [0.29, 0.717) is 79.1 Å². The normalized spacial score (nSPS) is 11.1. The molecule has 0 saturated heterocycles. The van der Waals surface area contributed by atoms with Crippen LogP contribution in [-0.4, -0.2) is 78.6 Å². The molecule has 0 fully saturated rings. The number of hydrogen-bond donors (Lipinski definition) is 0. The first kappa shape index (κ1) is 36.8. The Labute approximate surface area is 234 Å². The Hall–Kier alpha value is -1.17. The van der Waals surface area contributed by atoms with Crippen molar-refractivity contribution >= 4 is 5.97 Å². The Balaban J connectivity index is 3.14. The third kappa shape index (κ3) is 32.9. The van der Waals surface area contributed by atoms with Gasteiger partial charge in [-0.1, -0.05) is 103 Å². The fourth-order valence-corrected chi connectivity index (χ4v) is 3.94. The maximum atomic E-state index is 11.8. The molecule has 7 heteroatoms. The summed E-state index contributed by atoms with van der Waals surface area (Å²) in [6.45, 7) is 7.27. The molecule has 0 rings (SSSR count). The van der Waals surface area contributed by atoms with Gasteiger partial charge in [-0.3, -0.25) is 4.79 Å².